The third-order valence-electron chi connectivity index (χ3n) is 5.41. The van der Waals surface area contributed by atoms with Crippen LogP contribution in [0.15, 0.2) is 78.9 Å². The van der Waals surface area contributed by atoms with Gasteiger partial charge in [0.25, 0.3) is 0 Å². The van der Waals surface area contributed by atoms with Gasteiger partial charge in [0.05, 0.1) is 0 Å². The summed E-state index contributed by atoms with van der Waals surface area (Å²) in [4.78, 5) is 0. The fraction of sp³-hybridized carbons (Fsp3) is 0.250. The lowest BCUT2D eigenvalue weighted by molar-refractivity contribution is 0.00578. The van der Waals surface area contributed by atoms with E-state index in [0.717, 1.165) is 28.0 Å². The van der Waals surface area contributed by atoms with Crippen molar-refractivity contribution in [3.8, 4) is 28.0 Å². The Kier molecular flexibility index (Phi) is 5.01. The molecule has 3 aromatic rings. The van der Waals surface area contributed by atoms with Gasteiger partial charge in [-0.25, -0.2) is 0 Å². The SMILES string of the molecule is CC1(C)OP(Oc2c(-c3ccccc3)cccc2-c2ccccc2)OC1(C)C. The third kappa shape index (κ3) is 3.58. The maximum Gasteiger partial charge on any atom is 0.398 e. The molecule has 4 heteroatoms. The minimum atomic E-state index is -1.51. The highest BCUT2D eigenvalue weighted by Gasteiger charge is 2.52. The van der Waals surface area contributed by atoms with E-state index in [1.807, 2.05) is 64.1 Å². The topological polar surface area (TPSA) is 27.7 Å². The number of hydrogen-bond donors (Lipinski definition) is 0. The zero-order chi connectivity index (χ0) is 19.8. The lowest BCUT2D eigenvalue weighted by Gasteiger charge is -2.29. The van der Waals surface area contributed by atoms with Gasteiger partial charge in [-0.2, -0.15) is 0 Å². The predicted molar refractivity (Wildman–Crippen MR) is 115 cm³/mol. The monoisotopic (exact) mass is 392 g/mol. The molecular formula is C24H25O3P. The number of rotatable bonds is 4. The van der Waals surface area contributed by atoms with Crippen LogP contribution in [0.25, 0.3) is 22.3 Å². The lowest BCUT2D eigenvalue weighted by atomic mass is 9.90. The molecule has 1 aliphatic rings. The fourth-order valence-electron chi connectivity index (χ4n) is 3.05. The van der Waals surface area contributed by atoms with Crippen molar-refractivity contribution in [1.29, 1.82) is 0 Å². The number of benzene rings is 3. The van der Waals surface area contributed by atoms with Crippen LogP contribution in [0.2, 0.25) is 0 Å². The van der Waals surface area contributed by atoms with Crippen molar-refractivity contribution in [2.45, 2.75) is 38.9 Å². The highest BCUT2D eigenvalue weighted by atomic mass is 31.2. The third-order valence-corrected chi connectivity index (χ3v) is 6.95. The molecule has 3 aromatic carbocycles. The largest absolute Gasteiger partial charge is 0.425 e. The van der Waals surface area contributed by atoms with Gasteiger partial charge in [0.15, 0.2) is 0 Å². The molecule has 1 fully saturated rings. The second-order valence-corrected chi connectivity index (χ2v) is 8.93. The van der Waals surface area contributed by atoms with Crippen molar-refractivity contribution in [3.05, 3.63) is 78.9 Å². The predicted octanol–water partition coefficient (Wildman–Crippen LogP) is 7.23. The van der Waals surface area contributed by atoms with Gasteiger partial charge in [0, 0.05) is 11.1 Å². The number of hydrogen-bond acceptors (Lipinski definition) is 3. The molecule has 0 aromatic heterocycles. The minimum Gasteiger partial charge on any atom is -0.425 e. The smallest absolute Gasteiger partial charge is 0.398 e. The molecule has 1 saturated heterocycles. The van der Waals surface area contributed by atoms with E-state index in [4.69, 9.17) is 13.6 Å². The summed E-state index contributed by atoms with van der Waals surface area (Å²) in [6.45, 7) is 8.17. The van der Waals surface area contributed by atoms with Crippen molar-refractivity contribution in [2.75, 3.05) is 0 Å². The molecular weight excluding hydrogens is 367 g/mol. The Morgan fingerprint density at radius 2 is 1.04 bits per heavy atom. The summed E-state index contributed by atoms with van der Waals surface area (Å²) in [5.41, 5.74) is 3.41. The van der Waals surface area contributed by atoms with Crippen LogP contribution >= 0.6 is 8.60 Å². The summed E-state index contributed by atoms with van der Waals surface area (Å²) < 4.78 is 18.8. The van der Waals surface area contributed by atoms with E-state index in [1.54, 1.807) is 0 Å². The molecule has 0 saturated carbocycles. The zero-order valence-corrected chi connectivity index (χ0v) is 17.6. The average molecular weight is 392 g/mol. The quantitative estimate of drug-likeness (QED) is 0.438. The van der Waals surface area contributed by atoms with Crippen molar-refractivity contribution < 1.29 is 13.6 Å². The normalized spacial score (nSPS) is 18.1. The van der Waals surface area contributed by atoms with Gasteiger partial charge in [0.1, 0.15) is 17.0 Å². The molecule has 0 bridgehead atoms. The molecule has 28 heavy (non-hydrogen) atoms. The van der Waals surface area contributed by atoms with Crippen LogP contribution in [-0.4, -0.2) is 11.2 Å². The average Bonchev–Trinajstić information content (AvgIpc) is 2.89. The molecule has 0 aliphatic carbocycles. The minimum absolute atomic E-state index is 0.423. The Balaban J connectivity index is 1.80. The first-order chi connectivity index (χ1) is 13.4. The lowest BCUT2D eigenvalue weighted by Crippen LogP contribution is -2.41. The van der Waals surface area contributed by atoms with Crippen molar-refractivity contribution in [1.82, 2.24) is 0 Å². The maximum absolute atomic E-state index is 6.44. The first-order valence-electron chi connectivity index (χ1n) is 9.48. The Hall–Kier alpha value is -2.19. The van der Waals surface area contributed by atoms with Crippen molar-refractivity contribution >= 4 is 8.60 Å². The summed E-state index contributed by atoms with van der Waals surface area (Å²) in [7, 11) is -1.51. The Morgan fingerprint density at radius 1 is 0.607 bits per heavy atom. The van der Waals surface area contributed by atoms with Crippen molar-refractivity contribution in [3.63, 3.8) is 0 Å². The van der Waals surface area contributed by atoms with Gasteiger partial charge in [-0.15, -0.1) is 0 Å². The first-order valence-corrected chi connectivity index (χ1v) is 10.6. The van der Waals surface area contributed by atoms with Crippen LogP contribution in [-0.2, 0) is 9.05 Å². The van der Waals surface area contributed by atoms with Gasteiger partial charge in [-0.1, -0.05) is 78.9 Å². The van der Waals surface area contributed by atoms with E-state index < -0.39 is 19.8 Å². The Labute approximate surface area is 168 Å². The molecule has 1 aliphatic heterocycles. The second-order valence-electron chi connectivity index (χ2n) is 7.93. The summed E-state index contributed by atoms with van der Waals surface area (Å²) >= 11 is 0. The standard InChI is InChI=1S/C24H25O3P/c1-23(2)24(3,4)27-28(26-23)25-22-20(18-12-7-5-8-13-18)16-11-17-21(22)19-14-9-6-10-15-19/h5-17H,1-4H3. The highest BCUT2D eigenvalue weighted by molar-refractivity contribution is 7.42. The molecule has 144 valence electrons. The van der Waals surface area contributed by atoms with E-state index in [2.05, 4.69) is 42.5 Å². The molecule has 0 N–H and O–H groups in total. The Morgan fingerprint density at radius 3 is 1.46 bits per heavy atom. The molecule has 0 atom stereocenters. The number of para-hydroxylation sites is 1. The fourth-order valence-corrected chi connectivity index (χ4v) is 4.69. The highest BCUT2D eigenvalue weighted by Crippen LogP contribution is 2.59. The van der Waals surface area contributed by atoms with E-state index in [-0.39, 0.29) is 0 Å². The van der Waals surface area contributed by atoms with Gasteiger partial charge in [-0.05, 0) is 38.8 Å². The van der Waals surface area contributed by atoms with Crippen LogP contribution in [0.4, 0.5) is 0 Å². The van der Waals surface area contributed by atoms with Gasteiger partial charge in [0.2, 0.25) is 0 Å². The van der Waals surface area contributed by atoms with E-state index in [0.29, 0.717) is 0 Å². The molecule has 0 radical (unpaired) electrons. The van der Waals surface area contributed by atoms with Crippen molar-refractivity contribution in [2.24, 2.45) is 0 Å². The summed E-state index contributed by atoms with van der Waals surface area (Å²) in [5, 5.41) is 0. The molecule has 3 nitrogen and oxygen atoms in total. The van der Waals surface area contributed by atoms with Crippen LogP contribution in [0.3, 0.4) is 0 Å². The molecule has 4 rings (SSSR count). The molecule has 0 amide bonds. The van der Waals surface area contributed by atoms with Crippen LogP contribution in [0, 0.1) is 0 Å². The van der Waals surface area contributed by atoms with Crippen LogP contribution < -0.4 is 4.52 Å². The zero-order valence-electron chi connectivity index (χ0n) is 16.7. The summed E-state index contributed by atoms with van der Waals surface area (Å²) in [5.74, 6) is 0.791. The summed E-state index contributed by atoms with van der Waals surface area (Å²) in [6, 6.07) is 26.8. The van der Waals surface area contributed by atoms with Gasteiger partial charge < -0.3 is 4.52 Å². The summed E-state index contributed by atoms with van der Waals surface area (Å²) in [6.07, 6.45) is 0. The molecule has 0 spiro atoms. The van der Waals surface area contributed by atoms with Crippen LogP contribution in [0.1, 0.15) is 27.7 Å². The van der Waals surface area contributed by atoms with Gasteiger partial charge in [-0.3, -0.25) is 9.05 Å². The van der Waals surface area contributed by atoms with E-state index in [9.17, 15) is 0 Å². The van der Waals surface area contributed by atoms with E-state index in [1.165, 1.54) is 0 Å². The molecule has 1 heterocycles. The van der Waals surface area contributed by atoms with E-state index >= 15 is 0 Å². The van der Waals surface area contributed by atoms with Gasteiger partial charge >= 0.3 is 8.60 Å². The first kappa shape index (κ1) is 19.1. The Bertz CT molecular complexity index is 878. The molecule has 0 unspecified atom stereocenters. The second kappa shape index (κ2) is 7.33. The maximum atomic E-state index is 6.44. The van der Waals surface area contributed by atoms with Crippen LogP contribution in [0.5, 0.6) is 5.75 Å².